The molecule has 4 heteroatoms. The summed E-state index contributed by atoms with van der Waals surface area (Å²) < 4.78 is 7.75. The number of furan rings is 1. The van der Waals surface area contributed by atoms with Crippen molar-refractivity contribution in [3.8, 4) is 11.1 Å². The van der Waals surface area contributed by atoms with Crippen molar-refractivity contribution in [2.45, 2.75) is 206 Å². The first-order chi connectivity index (χ1) is 34.4. The monoisotopic (exact) mass is 979 g/mol. The van der Waals surface area contributed by atoms with Gasteiger partial charge < -0.3 is 9.32 Å². The topological polar surface area (TPSA) is 19.6 Å². The first kappa shape index (κ1) is 49.4. The summed E-state index contributed by atoms with van der Waals surface area (Å²) in [7, 11) is 0. The van der Waals surface area contributed by atoms with Crippen LogP contribution >= 0.6 is 0 Å². The predicted octanol–water partition coefficient (Wildman–Crippen LogP) is 17.8. The number of fused-ring (bicyclic) bond motifs is 9. The van der Waals surface area contributed by atoms with Gasteiger partial charge in [-0.25, -0.2) is 0 Å². The second kappa shape index (κ2) is 15.6. The molecule has 5 aliphatic rings. The quantitative estimate of drug-likeness (QED) is 0.165. The molecule has 74 heavy (non-hydrogen) atoms. The maximum absolute atomic E-state index is 7.75. The molecule has 0 saturated heterocycles. The number of nitrogens with zero attached hydrogens (tertiary/aromatic N) is 2. The molecule has 6 aromatic carbocycles. The van der Waals surface area contributed by atoms with Crippen LogP contribution < -0.4 is 26.2 Å². The highest BCUT2D eigenvalue weighted by molar-refractivity contribution is 7.01. The van der Waals surface area contributed by atoms with Gasteiger partial charge in [-0.1, -0.05) is 173 Å². The minimum Gasteiger partial charge on any atom is -0.440 e. The van der Waals surface area contributed by atoms with Crippen molar-refractivity contribution in [1.82, 2.24) is 0 Å². The largest absolute Gasteiger partial charge is 0.440 e. The lowest BCUT2D eigenvalue weighted by atomic mass is 9.33. The zero-order chi connectivity index (χ0) is 52.8. The van der Waals surface area contributed by atoms with Gasteiger partial charge >= 0.3 is 0 Å². The average Bonchev–Trinajstić information content (AvgIpc) is 3.71. The van der Waals surface area contributed by atoms with Gasteiger partial charge in [0.1, 0.15) is 5.58 Å². The molecular weight excluding hydrogens is 896 g/mol. The Balaban J connectivity index is 1.27. The summed E-state index contributed by atoms with van der Waals surface area (Å²) in [6.07, 6.45) is 6.95. The average molecular weight is 979 g/mol. The van der Waals surface area contributed by atoms with Gasteiger partial charge in [-0.05, 0) is 197 Å². The highest BCUT2D eigenvalue weighted by Crippen LogP contribution is 2.56. The molecule has 7 aromatic rings. The van der Waals surface area contributed by atoms with Crippen LogP contribution in [0, 0.1) is 0 Å². The van der Waals surface area contributed by atoms with Gasteiger partial charge in [0.15, 0.2) is 0 Å². The van der Waals surface area contributed by atoms with Gasteiger partial charge in [-0.3, -0.25) is 4.90 Å². The van der Waals surface area contributed by atoms with Crippen LogP contribution in [0.1, 0.15) is 208 Å². The van der Waals surface area contributed by atoms with E-state index >= 15 is 0 Å². The van der Waals surface area contributed by atoms with Crippen molar-refractivity contribution in [2.75, 3.05) is 9.80 Å². The number of hydrogen-bond donors (Lipinski definition) is 0. The summed E-state index contributed by atoms with van der Waals surface area (Å²) in [5.74, 6) is 0.969. The number of benzene rings is 6. The molecule has 3 aliphatic carbocycles. The Morgan fingerprint density at radius 2 is 0.919 bits per heavy atom. The molecule has 0 unspecified atom stereocenters. The Kier molecular flexibility index (Phi) is 10.4. The van der Waals surface area contributed by atoms with E-state index in [9.17, 15) is 0 Å². The van der Waals surface area contributed by atoms with Crippen molar-refractivity contribution in [1.29, 1.82) is 0 Å². The fraction of sp³-hybridized carbons (Fsp3) is 0.457. The predicted molar refractivity (Wildman–Crippen MR) is 319 cm³/mol. The van der Waals surface area contributed by atoms with Crippen LogP contribution in [0.3, 0.4) is 0 Å². The first-order valence-electron chi connectivity index (χ1n) is 28.3. The van der Waals surface area contributed by atoms with E-state index in [1.54, 1.807) is 0 Å². The van der Waals surface area contributed by atoms with Gasteiger partial charge in [0.2, 0.25) is 5.88 Å². The fourth-order valence-corrected chi connectivity index (χ4v) is 14.3. The molecule has 1 aromatic heterocycles. The Bertz CT molecular complexity index is 3490. The van der Waals surface area contributed by atoms with Crippen LogP contribution in [0.5, 0.6) is 0 Å². The van der Waals surface area contributed by atoms with Crippen LogP contribution in [0.15, 0.2) is 108 Å². The molecule has 12 rings (SSSR count). The minimum absolute atomic E-state index is 0.00566. The van der Waals surface area contributed by atoms with Crippen LogP contribution in [-0.2, 0) is 43.3 Å². The maximum Gasteiger partial charge on any atom is 0.257 e. The highest BCUT2D eigenvalue weighted by Gasteiger charge is 2.51. The molecule has 0 saturated carbocycles. The summed E-state index contributed by atoms with van der Waals surface area (Å²) in [5, 5.41) is 1.26. The lowest BCUT2D eigenvalue weighted by molar-refractivity contribution is 0.332. The smallest absolute Gasteiger partial charge is 0.257 e. The van der Waals surface area contributed by atoms with E-state index in [0.717, 1.165) is 43.6 Å². The zero-order valence-corrected chi connectivity index (χ0v) is 48.4. The second-order valence-electron chi connectivity index (χ2n) is 29.8. The molecule has 0 N–H and O–H groups in total. The molecular formula is C70H83BN2O. The van der Waals surface area contributed by atoms with Gasteiger partial charge in [-0.15, -0.1) is 0 Å². The summed E-state index contributed by atoms with van der Waals surface area (Å²) in [4.78, 5) is 5.31. The molecule has 382 valence electrons. The molecule has 0 radical (unpaired) electrons. The van der Waals surface area contributed by atoms with Crippen molar-refractivity contribution in [3.63, 3.8) is 0 Å². The minimum atomic E-state index is -0.162. The van der Waals surface area contributed by atoms with E-state index in [2.05, 4.69) is 238 Å². The first-order valence-corrected chi connectivity index (χ1v) is 28.3. The van der Waals surface area contributed by atoms with Gasteiger partial charge in [-0.2, -0.15) is 0 Å². The van der Waals surface area contributed by atoms with Crippen molar-refractivity contribution < 1.29 is 4.42 Å². The van der Waals surface area contributed by atoms with E-state index in [0.29, 0.717) is 0 Å². The van der Waals surface area contributed by atoms with E-state index in [1.807, 2.05) is 0 Å². The Morgan fingerprint density at radius 3 is 1.49 bits per heavy atom. The van der Waals surface area contributed by atoms with Crippen molar-refractivity contribution in [3.05, 3.63) is 148 Å². The molecule has 3 heterocycles. The Morgan fingerprint density at radius 1 is 0.419 bits per heavy atom. The number of hydrogen-bond acceptors (Lipinski definition) is 3. The van der Waals surface area contributed by atoms with E-state index in [-0.39, 0.29) is 50.0 Å². The summed E-state index contributed by atoms with van der Waals surface area (Å²) in [5.41, 5.74) is 25.2. The van der Waals surface area contributed by atoms with Crippen molar-refractivity contribution >= 4 is 68.4 Å². The van der Waals surface area contributed by atoms with E-state index < -0.39 is 0 Å². The van der Waals surface area contributed by atoms with Crippen molar-refractivity contribution in [2.24, 2.45) is 0 Å². The van der Waals surface area contributed by atoms with Crippen LogP contribution in [-0.4, -0.2) is 6.71 Å². The molecule has 0 bridgehead atoms. The number of anilines is 6. The van der Waals surface area contributed by atoms with Gasteiger partial charge in [0, 0.05) is 39.2 Å². The highest BCUT2D eigenvalue weighted by atomic mass is 16.4. The Hall–Kier alpha value is -5.48. The lowest BCUT2D eigenvalue weighted by Crippen LogP contribution is -2.61. The van der Waals surface area contributed by atoms with Gasteiger partial charge in [0.25, 0.3) is 6.71 Å². The molecule has 0 amide bonds. The lowest BCUT2D eigenvalue weighted by Gasteiger charge is -2.47. The number of rotatable bonds is 3. The third-order valence-electron chi connectivity index (χ3n) is 19.8. The molecule has 0 fully saturated rings. The summed E-state index contributed by atoms with van der Waals surface area (Å²) in [6.45, 7) is 43.8. The Labute approximate surface area is 445 Å². The van der Waals surface area contributed by atoms with Crippen LogP contribution in [0.4, 0.5) is 34.3 Å². The van der Waals surface area contributed by atoms with E-state index in [4.69, 9.17) is 4.42 Å². The molecule has 3 nitrogen and oxygen atoms in total. The zero-order valence-electron chi connectivity index (χ0n) is 48.4. The summed E-state index contributed by atoms with van der Waals surface area (Å²) >= 11 is 0. The van der Waals surface area contributed by atoms with Crippen LogP contribution in [0.25, 0.3) is 22.1 Å². The fourth-order valence-electron chi connectivity index (χ4n) is 14.3. The normalized spacial score (nSPS) is 20.3. The standard InChI is InChI=1S/C70H83BN2O/c1-63(2,3)43-24-27-55(46(34-43)42-22-20-19-21-23-42)73-56-40-52-51(68(13,14)31-32-69(52,15)16)39-54(56)71-60-47-38-50-53(70(17,18)33-30-67(50,11)12)41-59(47)74-62(60)72(57-35-44(64(4,5)6)36-58(73)61(57)71)45-25-26-48-49(37-45)66(9,10)29-28-65(48,7)8/h19-27,34-41H,28-33H2,1-18H3. The van der Waals surface area contributed by atoms with Gasteiger partial charge in [0.05, 0.1) is 5.69 Å². The summed E-state index contributed by atoms with van der Waals surface area (Å²) in [6, 6.07) is 41.6. The third-order valence-corrected chi connectivity index (χ3v) is 19.8. The third kappa shape index (κ3) is 7.32. The second-order valence-corrected chi connectivity index (χ2v) is 29.8. The van der Waals surface area contributed by atoms with Crippen LogP contribution in [0.2, 0.25) is 0 Å². The SMILES string of the molecule is CC(C)(C)c1ccc(N2c3cc4c(cc3B3c5c2cc(C(C)(C)C)cc5N(c2ccc5c(c2)C(C)(C)CCC5(C)C)c2oc5cc6c(cc5c23)C(C)(C)CCC6(C)C)C(C)(C)CCC4(C)C)c(-c2ccccc2)c1. The maximum atomic E-state index is 7.75. The van der Waals surface area contributed by atoms with E-state index in [1.165, 1.54) is 112 Å². The molecule has 0 atom stereocenters. The molecule has 2 aliphatic heterocycles. The molecule has 0 spiro atoms.